The third-order valence-electron chi connectivity index (χ3n) is 4.86. The summed E-state index contributed by atoms with van der Waals surface area (Å²) >= 11 is 1.69. The van der Waals surface area contributed by atoms with Gasteiger partial charge in [-0.2, -0.15) is 0 Å². The minimum atomic E-state index is -0.159. The first kappa shape index (κ1) is 16.6. The number of likely N-dealkylation sites (tertiary alicyclic amines) is 1. The fourth-order valence-corrected chi connectivity index (χ4v) is 4.35. The molecule has 0 bridgehead atoms. The SMILES string of the molecule is O=C(N[C@@H]1CCO[C@]2(CCN(Cc3nccs3)C2)C1)c1cnccn1. The molecule has 2 aromatic heterocycles. The Morgan fingerprint density at radius 2 is 2.36 bits per heavy atom. The number of carbonyl (C=O) groups excluding carboxylic acids is 1. The second-order valence-electron chi connectivity index (χ2n) is 6.67. The van der Waals surface area contributed by atoms with Crippen molar-refractivity contribution in [3.63, 3.8) is 0 Å². The number of hydrogen-bond acceptors (Lipinski definition) is 7. The minimum absolute atomic E-state index is 0.114. The summed E-state index contributed by atoms with van der Waals surface area (Å²) in [5, 5.41) is 6.25. The lowest BCUT2D eigenvalue weighted by atomic mass is 9.89. The number of ether oxygens (including phenoxy) is 1. The fraction of sp³-hybridized carbons (Fsp3) is 0.529. The predicted octanol–water partition coefficient (Wildman–Crippen LogP) is 1.49. The van der Waals surface area contributed by atoms with Crippen LogP contribution in [0.4, 0.5) is 0 Å². The summed E-state index contributed by atoms with van der Waals surface area (Å²) in [5.74, 6) is -0.159. The minimum Gasteiger partial charge on any atom is -0.373 e. The number of nitrogens with one attached hydrogen (secondary N) is 1. The van der Waals surface area contributed by atoms with Gasteiger partial charge >= 0.3 is 0 Å². The second kappa shape index (κ2) is 7.15. The Kier molecular flexibility index (Phi) is 4.74. The Bertz CT molecular complexity index is 711. The van der Waals surface area contributed by atoms with Crippen LogP contribution in [0.25, 0.3) is 0 Å². The highest BCUT2D eigenvalue weighted by Gasteiger charge is 2.43. The first-order valence-corrected chi connectivity index (χ1v) is 9.42. The Hall–Kier alpha value is -1.90. The molecule has 132 valence electrons. The van der Waals surface area contributed by atoms with Gasteiger partial charge in [-0.3, -0.25) is 14.7 Å². The molecular weight excluding hydrogens is 338 g/mol. The van der Waals surface area contributed by atoms with Crippen LogP contribution in [-0.2, 0) is 11.3 Å². The van der Waals surface area contributed by atoms with E-state index in [0.717, 1.165) is 43.9 Å². The maximum Gasteiger partial charge on any atom is 0.271 e. The summed E-state index contributed by atoms with van der Waals surface area (Å²) in [6.07, 6.45) is 9.11. The molecule has 7 nitrogen and oxygen atoms in total. The summed E-state index contributed by atoms with van der Waals surface area (Å²) in [5.41, 5.74) is 0.204. The zero-order valence-electron chi connectivity index (χ0n) is 13.9. The van der Waals surface area contributed by atoms with Crippen molar-refractivity contribution in [2.24, 2.45) is 0 Å². The molecule has 0 aromatic carbocycles. The predicted molar refractivity (Wildman–Crippen MR) is 93.2 cm³/mol. The maximum absolute atomic E-state index is 12.3. The van der Waals surface area contributed by atoms with E-state index in [1.807, 2.05) is 11.6 Å². The largest absolute Gasteiger partial charge is 0.373 e. The van der Waals surface area contributed by atoms with Crippen LogP contribution in [0.15, 0.2) is 30.2 Å². The van der Waals surface area contributed by atoms with E-state index in [0.29, 0.717) is 12.3 Å². The number of carbonyl (C=O) groups is 1. The van der Waals surface area contributed by atoms with Gasteiger partial charge < -0.3 is 10.1 Å². The third kappa shape index (κ3) is 3.86. The summed E-state index contributed by atoms with van der Waals surface area (Å²) in [6, 6.07) is 0.114. The highest BCUT2D eigenvalue weighted by Crippen LogP contribution is 2.35. The normalized spacial score (nSPS) is 26.8. The van der Waals surface area contributed by atoms with Crippen molar-refractivity contribution < 1.29 is 9.53 Å². The average Bonchev–Trinajstić information content (AvgIpc) is 3.27. The average molecular weight is 359 g/mol. The van der Waals surface area contributed by atoms with E-state index in [4.69, 9.17) is 4.74 Å². The van der Waals surface area contributed by atoms with Gasteiger partial charge in [0.2, 0.25) is 0 Å². The van der Waals surface area contributed by atoms with Gasteiger partial charge in [-0.05, 0) is 19.3 Å². The molecule has 2 aliphatic heterocycles. The lowest BCUT2D eigenvalue weighted by molar-refractivity contribution is -0.0793. The van der Waals surface area contributed by atoms with Crippen molar-refractivity contribution in [3.8, 4) is 0 Å². The molecule has 4 heterocycles. The molecule has 0 saturated carbocycles. The molecule has 4 rings (SSSR count). The van der Waals surface area contributed by atoms with Crippen LogP contribution in [0.2, 0.25) is 0 Å². The molecule has 2 aromatic rings. The maximum atomic E-state index is 12.3. The van der Waals surface area contributed by atoms with Crippen LogP contribution in [0.1, 0.15) is 34.8 Å². The van der Waals surface area contributed by atoms with Gasteiger partial charge in [0.15, 0.2) is 0 Å². The van der Waals surface area contributed by atoms with Crippen LogP contribution in [0, 0.1) is 0 Å². The number of amides is 1. The number of aromatic nitrogens is 3. The lowest BCUT2D eigenvalue weighted by Crippen LogP contribution is -2.50. The molecule has 2 saturated heterocycles. The molecule has 1 spiro atoms. The fourth-order valence-electron chi connectivity index (χ4n) is 3.70. The number of rotatable bonds is 4. The highest BCUT2D eigenvalue weighted by atomic mass is 32.1. The molecule has 1 N–H and O–H groups in total. The third-order valence-corrected chi connectivity index (χ3v) is 5.63. The quantitative estimate of drug-likeness (QED) is 0.891. The molecule has 0 aliphatic carbocycles. The Morgan fingerprint density at radius 3 is 3.16 bits per heavy atom. The first-order valence-electron chi connectivity index (χ1n) is 8.54. The van der Waals surface area contributed by atoms with Crippen LogP contribution >= 0.6 is 11.3 Å². The molecule has 2 atom stereocenters. The Morgan fingerprint density at radius 1 is 1.40 bits per heavy atom. The van der Waals surface area contributed by atoms with Crippen LogP contribution < -0.4 is 5.32 Å². The topological polar surface area (TPSA) is 80.2 Å². The van der Waals surface area contributed by atoms with Crippen molar-refractivity contribution in [2.75, 3.05) is 19.7 Å². The van der Waals surface area contributed by atoms with Gasteiger partial charge in [-0.25, -0.2) is 9.97 Å². The number of nitrogens with zero attached hydrogens (tertiary/aromatic N) is 4. The molecule has 2 fully saturated rings. The molecule has 0 radical (unpaired) electrons. The van der Waals surface area contributed by atoms with Crippen molar-refractivity contribution >= 4 is 17.2 Å². The van der Waals surface area contributed by atoms with E-state index in [2.05, 4.69) is 25.2 Å². The van der Waals surface area contributed by atoms with E-state index in [9.17, 15) is 4.79 Å². The van der Waals surface area contributed by atoms with E-state index >= 15 is 0 Å². The molecule has 2 aliphatic rings. The Balaban J connectivity index is 1.35. The second-order valence-corrected chi connectivity index (χ2v) is 7.65. The molecule has 0 unspecified atom stereocenters. The van der Waals surface area contributed by atoms with Gasteiger partial charge in [0.25, 0.3) is 5.91 Å². The van der Waals surface area contributed by atoms with Gasteiger partial charge in [-0.15, -0.1) is 11.3 Å². The standard InChI is InChI=1S/C17H21N5O2S/c23-16(14-10-18-3-4-19-14)21-13-1-7-24-17(9-13)2-6-22(12-17)11-15-20-5-8-25-15/h3-5,8,10,13H,1-2,6-7,9,11-12H2,(H,21,23)/t13-,17-/m1/s1. The highest BCUT2D eigenvalue weighted by molar-refractivity contribution is 7.09. The monoisotopic (exact) mass is 359 g/mol. The smallest absolute Gasteiger partial charge is 0.271 e. The molecule has 25 heavy (non-hydrogen) atoms. The Labute approximate surface area is 150 Å². The first-order chi connectivity index (χ1) is 12.2. The summed E-state index contributed by atoms with van der Waals surface area (Å²) < 4.78 is 6.16. The van der Waals surface area contributed by atoms with E-state index < -0.39 is 0 Å². The summed E-state index contributed by atoms with van der Waals surface area (Å²) in [6.45, 7) is 3.45. The van der Waals surface area contributed by atoms with Crippen molar-refractivity contribution in [1.82, 2.24) is 25.2 Å². The number of thiazole rings is 1. The summed E-state index contributed by atoms with van der Waals surface area (Å²) in [7, 11) is 0. The van der Waals surface area contributed by atoms with Crippen LogP contribution in [0.3, 0.4) is 0 Å². The van der Waals surface area contributed by atoms with Gasteiger partial charge in [0, 0.05) is 49.7 Å². The van der Waals surface area contributed by atoms with Crippen LogP contribution in [0.5, 0.6) is 0 Å². The van der Waals surface area contributed by atoms with Crippen LogP contribution in [-0.4, -0.2) is 57.1 Å². The van der Waals surface area contributed by atoms with Crippen molar-refractivity contribution in [3.05, 3.63) is 40.9 Å². The van der Waals surface area contributed by atoms with E-state index in [-0.39, 0.29) is 17.6 Å². The van der Waals surface area contributed by atoms with Gasteiger partial charge in [-0.1, -0.05) is 0 Å². The molecule has 1 amide bonds. The lowest BCUT2D eigenvalue weighted by Gasteiger charge is -2.38. The molecular formula is C17H21N5O2S. The molecule has 8 heteroatoms. The van der Waals surface area contributed by atoms with Gasteiger partial charge in [0.05, 0.1) is 18.3 Å². The zero-order valence-corrected chi connectivity index (χ0v) is 14.7. The zero-order chi connectivity index (χ0) is 17.1. The summed E-state index contributed by atoms with van der Waals surface area (Å²) in [4.78, 5) is 27.1. The van der Waals surface area contributed by atoms with E-state index in [1.54, 1.807) is 17.5 Å². The van der Waals surface area contributed by atoms with Crippen molar-refractivity contribution in [2.45, 2.75) is 37.5 Å². The van der Waals surface area contributed by atoms with Gasteiger partial charge in [0.1, 0.15) is 10.7 Å². The number of hydrogen-bond donors (Lipinski definition) is 1. The van der Waals surface area contributed by atoms with E-state index in [1.165, 1.54) is 12.4 Å². The van der Waals surface area contributed by atoms with Crippen molar-refractivity contribution in [1.29, 1.82) is 0 Å².